The number of carbonyl (C=O) groups excluding carboxylic acids is 2. The van der Waals surface area contributed by atoms with Gasteiger partial charge in [0.15, 0.2) is 0 Å². The first kappa shape index (κ1) is 30.4. The van der Waals surface area contributed by atoms with Gasteiger partial charge in [-0.25, -0.2) is 0 Å². The summed E-state index contributed by atoms with van der Waals surface area (Å²) >= 11 is 0. The van der Waals surface area contributed by atoms with E-state index in [1.807, 2.05) is 31.2 Å². The van der Waals surface area contributed by atoms with Crippen LogP contribution >= 0.6 is 0 Å². The number of amides is 1. The van der Waals surface area contributed by atoms with Crippen molar-refractivity contribution in [2.24, 2.45) is 0 Å². The van der Waals surface area contributed by atoms with Gasteiger partial charge in [0.1, 0.15) is 18.0 Å². The molecule has 0 saturated heterocycles. The average Bonchev–Trinajstić information content (AvgIpc) is 3.00. The number of nitrogens with one attached hydrogen (secondary N) is 3. The molecule has 12 nitrogen and oxygen atoms in total. The Kier molecular flexibility index (Phi) is 11.6. The summed E-state index contributed by atoms with van der Waals surface area (Å²) in [5.74, 6) is 0.827. The van der Waals surface area contributed by atoms with Gasteiger partial charge < -0.3 is 34.9 Å². The van der Waals surface area contributed by atoms with Crippen LogP contribution in [0.4, 0.5) is 17.6 Å². The summed E-state index contributed by atoms with van der Waals surface area (Å²) in [5, 5.41) is 8.96. The molecule has 42 heavy (non-hydrogen) atoms. The van der Waals surface area contributed by atoms with E-state index in [0.717, 1.165) is 49.8 Å². The number of esters is 1. The van der Waals surface area contributed by atoms with Gasteiger partial charge in [0.2, 0.25) is 11.9 Å². The number of carbonyl (C=O) groups is 2. The lowest BCUT2D eigenvalue weighted by atomic mass is 10.1. The molecule has 2 aliphatic rings. The Bertz CT molecular complexity index is 1320. The maximum atomic E-state index is 12.9. The van der Waals surface area contributed by atoms with Gasteiger partial charge in [-0.05, 0) is 49.6 Å². The van der Waals surface area contributed by atoms with Crippen LogP contribution in [0, 0.1) is 0 Å². The molecule has 3 heterocycles. The predicted octanol–water partition coefficient (Wildman–Crippen LogP) is 4.64. The van der Waals surface area contributed by atoms with Crippen LogP contribution in [-0.4, -0.2) is 60.3 Å². The maximum Gasteiger partial charge on any atom is 0.325 e. The van der Waals surface area contributed by atoms with E-state index in [-0.39, 0.29) is 18.5 Å². The standard InChI is InChI=1S/C30H38N6O6/c1-3-40-30-35-28-32-19-21-10-13-23(14-11-21)41-16-8-6-4-5-7-9-17-42-25-18-22(33-29(34-28)36-30)12-15-24(25)27(38)31-20-26(37)39-2/h10-15,18H,3-9,16-17,19-20H2,1-2H3,(H,31,38)(H2,32,33,34,35,36). The van der Waals surface area contributed by atoms with E-state index < -0.39 is 11.9 Å². The molecule has 0 spiro atoms. The zero-order valence-electron chi connectivity index (χ0n) is 24.1. The molecule has 3 N–H and O–H groups in total. The molecule has 1 aromatic heterocycles. The molecule has 224 valence electrons. The van der Waals surface area contributed by atoms with E-state index in [1.165, 1.54) is 7.11 Å². The second-order valence-electron chi connectivity index (χ2n) is 9.61. The van der Waals surface area contributed by atoms with Gasteiger partial charge >= 0.3 is 12.0 Å². The normalized spacial score (nSPS) is 14.2. The van der Waals surface area contributed by atoms with Crippen LogP contribution in [0.2, 0.25) is 0 Å². The van der Waals surface area contributed by atoms with E-state index >= 15 is 0 Å². The minimum atomic E-state index is -0.543. The van der Waals surface area contributed by atoms with Crippen molar-refractivity contribution in [2.45, 2.75) is 52.0 Å². The fraction of sp³-hybridized carbons (Fsp3) is 0.433. The highest BCUT2D eigenvalue weighted by Crippen LogP contribution is 2.26. The Morgan fingerprint density at radius 3 is 2.36 bits per heavy atom. The van der Waals surface area contributed by atoms with Crippen molar-refractivity contribution in [1.82, 2.24) is 20.3 Å². The summed E-state index contributed by atoms with van der Waals surface area (Å²) in [7, 11) is 1.27. The second kappa shape index (κ2) is 16.0. The Morgan fingerprint density at radius 2 is 1.62 bits per heavy atom. The van der Waals surface area contributed by atoms with Crippen molar-refractivity contribution in [3.63, 3.8) is 0 Å². The molecular weight excluding hydrogens is 540 g/mol. The summed E-state index contributed by atoms with van der Waals surface area (Å²) < 4.78 is 22.1. The molecule has 0 fully saturated rings. The number of aromatic nitrogens is 3. The zero-order chi connectivity index (χ0) is 29.6. The van der Waals surface area contributed by atoms with Crippen molar-refractivity contribution < 1.29 is 28.5 Å². The van der Waals surface area contributed by atoms with Gasteiger partial charge in [-0.15, -0.1) is 0 Å². The lowest BCUT2D eigenvalue weighted by Gasteiger charge is -2.14. The van der Waals surface area contributed by atoms with Crippen LogP contribution in [0.25, 0.3) is 0 Å². The van der Waals surface area contributed by atoms with Gasteiger partial charge in [-0.2, -0.15) is 15.0 Å². The number of nitrogens with zero attached hydrogens (tertiary/aromatic N) is 3. The number of fused-ring (bicyclic) bond motifs is 12. The number of rotatable bonds is 5. The molecule has 0 unspecified atom stereocenters. The van der Waals surface area contributed by atoms with Crippen LogP contribution < -0.4 is 30.2 Å². The van der Waals surface area contributed by atoms with Crippen LogP contribution in [0.3, 0.4) is 0 Å². The summed E-state index contributed by atoms with van der Waals surface area (Å²) in [5.41, 5.74) is 1.94. The van der Waals surface area contributed by atoms with Crippen LogP contribution in [0.1, 0.15) is 61.4 Å². The largest absolute Gasteiger partial charge is 0.494 e. The summed E-state index contributed by atoms with van der Waals surface area (Å²) in [6.45, 7) is 3.60. The average molecular weight is 579 g/mol. The fourth-order valence-electron chi connectivity index (χ4n) is 4.21. The first-order valence-electron chi connectivity index (χ1n) is 14.3. The molecule has 0 aliphatic carbocycles. The molecule has 1 amide bonds. The van der Waals surface area contributed by atoms with Crippen molar-refractivity contribution >= 4 is 29.5 Å². The molecule has 2 aliphatic heterocycles. The second-order valence-corrected chi connectivity index (χ2v) is 9.61. The third-order valence-corrected chi connectivity index (χ3v) is 6.43. The van der Waals surface area contributed by atoms with Gasteiger partial charge in [-0.3, -0.25) is 9.59 Å². The highest BCUT2D eigenvalue weighted by Gasteiger charge is 2.16. The molecule has 0 saturated carbocycles. The molecule has 0 radical (unpaired) electrons. The fourth-order valence-corrected chi connectivity index (χ4v) is 4.21. The van der Waals surface area contributed by atoms with Crippen molar-refractivity contribution in [3.05, 3.63) is 53.6 Å². The van der Waals surface area contributed by atoms with Crippen LogP contribution in [-0.2, 0) is 16.1 Å². The Labute approximate surface area is 245 Å². The van der Waals surface area contributed by atoms with Crippen molar-refractivity contribution in [3.8, 4) is 17.5 Å². The topological polar surface area (TPSA) is 146 Å². The predicted molar refractivity (Wildman–Crippen MR) is 158 cm³/mol. The van der Waals surface area contributed by atoms with Gasteiger partial charge in [-0.1, -0.05) is 37.8 Å². The number of methoxy groups -OCH3 is 1. The monoisotopic (exact) mass is 578 g/mol. The Balaban J connectivity index is 1.58. The number of ether oxygens (including phenoxy) is 4. The molecule has 5 rings (SSSR count). The van der Waals surface area contributed by atoms with Gasteiger partial charge in [0.25, 0.3) is 5.91 Å². The number of anilines is 3. The molecule has 0 atom stereocenters. The molecule has 2 aromatic carbocycles. The minimum Gasteiger partial charge on any atom is -0.494 e. The zero-order valence-corrected chi connectivity index (χ0v) is 24.1. The quantitative estimate of drug-likeness (QED) is 0.364. The maximum absolute atomic E-state index is 12.9. The molecule has 6 bridgehead atoms. The van der Waals surface area contributed by atoms with Gasteiger partial charge in [0, 0.05) is 18.3 Å². The summed E-state index contributed by atoms with van der Waals surface area (Å²) in [4.78, 5) is 37.6. The third-order valence-electron chi connectivity index (χ3n) is 6.43. The lowest BCUT2D eigenvalue weighted by Crippen LogP contribution is -2.30. The van der Waals surface area contributed by atoms with E-state index in [2.05, 4.69) is 35.6 Å². The first-order valence-corrected chi connectivity index (χ1v) is 14.3. The van der Waals surface area contributed by atoms with Gasteiger partial charge in [0.05, 0.1) is 32.5 Å². The summed E-state index contributed by atoms with van der Waals surface area (Å²) in [6.07, 6.45) is 6.13. The number of hydrogen-bond acceptors (Lipinski definition) is 11. The highest BCUT2D eigenvalue weighted by molar-refractivity contribution is 5.98. The van der Waals surface area contributed by atoms with E-state index in [9.17, 15) is 9.59 Å². The van der Waals surface area contributed by atoms with E-state index in [0.29, 0.717) is 49.3 Å². The third kappa shape index (κ3) is 9.50. The van der Waals surface area contributed by atoms with E-state index in [1.54, 1.807) is 18.2 Å². The minimum absolute atomic E-state index is 0.169. The summed E-state index contributed by atoms with van der Waals surface area (Å²) in [6, 6.07) is 13.2. The number of benzene rings is 2. The number of hydrogen-bond donors (Lipinski definition) is 3. The van der Waals surface area contributed by atoms with Crippen molar-refractivity contribution in [2.75, 3.05) is 44.1 Å². The van der Waals surface area contributed by atoms with E-state index in [4.69, 9.17) is 14.2 Å². The molecule has 3 aromatic rings. The Hall–Kier alpha value is -4.61. The first-order chi connectivity index (χ1) is 20.5. The van der Waals surface area contributed by atoms with Crippen LogP contribution in [0.15, 0.2) is 42.5 Å². The SMILES string of the molecule is CCOc1nc2nc(n1)Nc1ccc(C(=O)NCC(=O)OC)c(c1)OCCCCCCCCOc1ccc(cc1)CN2. The smallest absolute Gasteiger partial charge is 0.325 e. The molecular formula is C30H38N6O6. The Morgan fingerprint density at radius 1 is 0.905 bits per heavy atom. The molecule has 12 heteroatoms. The van der Waals surface area contributed by atoms with Crippen molar-refractivity contribution in [1.29, 1.82) is 0 Å². The van der Waals surface area contributed by atoms with Crippen LogP contribution in [0.5, 0.6) is 17.5 Å². The lowest BCUT2D eigenvalue weighted by molar-refractivity contribution is -0.139. The highest BCUT2D eigenvalue weighted by atomic mass is 16.5.